The number of fused-ring (bicyclic) bond motifs is 1. The van der Waals surface area contributed by atoms with Crippen molar-refractivity contribution in [1.29, 1.82) is 0 Å². The normalized spacial score (nSPS) is 18.0. The van der Waals surface area contributed by atoms with Gasteiger partial charge in [-0.25, -0.2) is 4.79 Å². The van der Waals surface area contributed by atoms with Crippen LogP contribution in [0.25, 0.3) is 0 Å². The molecule has 0 saturated carbocycles. The van der Waals surface area contributed by atoms with Crippen molar-refractivity contribution in [2.24, 2.45) is 17.4 Å². The van der Waals surface area contributed by atoms with Crippen LogP contribution in [0.5, 0.6) is 0 Å². The van der Waals surface area contributed by atoms with Crippen LogP contribution >= 0.6 is 12.6 Å². The Morgan fingerprint density at radius 1 is 1.21 bits per heavy atom. The summed E-state index contributed by atoms with van der Waals surface area (Å²) in [5, 5.41) is 15.2. The Morgan fingerprint density at radius 2 is 1.85 bits per heavy atom. The maximum atomic E-state index is 13.6. The summed E-state index contributed by atoms with van der Waals surface area (Å²) >= 11 is 4.18. The van der Waals surface area contributed by atoms with E-state index in [9.17, 15) is 24.3 Å². The fourth-order valence-corrected chi connectivity index (χ4v) is 4.06. The lowest BCUT2D eigenvalue weighted by atomic mass is 9.91. The van der Waals surface area contributed by atoms with Crippen LogP contribution in [0, 0.1) is 5.92 Å². The molecule has 1 aliphatic heterocycles. The van der Waals surface area contributed by atoms with E-state index in [1.807, 2.05) is 38.1 Å². The second-order valence-corrected chi connectivity index (χ2v) is 9.30. The van der Waals surface area contributed by atoms with Gasteiger partial charge in [0.1, 0.15) is 12.1 Å². The van der Waals surface area contributed by atoms with Crippen molar-refractivity contribution in [1.82, 2.24) is 15.5 Å². The average Bonchev–Trinajstić information content (AvgIpc) is 2.79. The molecule has 2 rings (SSSR count). The van der Waals surface area contributed by atoms with E-state index in [2.05, 4.69) is 23.3 Å². The van der Waals surface area contributed by atoms with Crippen LogP contribution in [0.15, 0.2) is 24.3 Å². The minimum atomic E-state index is -1.29. The van der Waals surface area contributed by atoms with Crippen molar-refractivity contribution < 1.29 is 24.3 Å². The fourth-order valence-electron chi connectivity index (χ4n) is 3.93. The number of hydrogen-bond donors (Lipinski definition) is 6. The maximum Gasteiger partial charge on any atom is 0.326 e. The van der Waals surface area contributed by atoms with E-state index in [1.54, 1.807) is 0 Å². The molecule has 1 heterocycles. The van der Waals surface area contributed by atoms with Gasteiger partial charge in [-0.3, -0.25) is 14.4 Å². The zero-order valence-electron chi connectivity index (χ0n) is 19.6. The summed E-state index contributed by atoms with van der Waals surface area (Å²) in [6.07, 6.45) is -0.0690. The van der Waals surface area contributed by atoms with Crippen molar-refractivity contribution >= 4 is 36.3 Å². The van der Waals surface area contributed by atoms with E-state index in [4.69, 9.17) is 11.5 Å². The van der Waals surface area contributed by atoms with Gasteiger partial charge in [-0.15, -0.1) is 0 Å². The quantitative estimate of drug-likeness (QED) is 0.216. The first-order valence-corrected chi connectivity index (χ1v) is 12.0. The second-order valence-electron chi connectivity index (χ2n) is 8.93. The average molecular weight is 494 g/mol. The Labute approximate surface area is 205 Å². The van der Waals surface area contributed by atoms with Crippen molar-refractivity contribution in [2.75, 3.05) is 12.3 Å². The van der Waals surface area contributed by atoms with Gasteiger partial charge in [-0.1, -0.05) is 38.1 Å². The molecule has 0 fully saturated rings. The zero-order chi connectivity index (χ0) is 25.4. The molecule has 4 atom stereocenters. The number of nitrogens with zero attached hydrogens (tertiary/aromatic N) is 1. The molecule has 1 aromatic carbocycles. The van der Waals surface area contributed by atoms with Crippen LogP contribution in [-0.4, -0.2) is 70.2 Å². The number of carboxylic acids is 1. The largest absolute Gasteiger partial charge is 0.480 e. The third kappa shape index (κ3) is 7.44. The summed E-state index contributed by atoms with van der Waals surface area (Å²) in [7, 11) is 0. The van der Waals surface area contributed by atoms with E-state index in [-0.39, 0.29) is 43.7 Å². The highest BCUT2D eigenvalue weighted by molar-refractivity contribution is 7.80. The lowest BCUT2D eigenvalue weighted by molar-refractivity contribution is -0.147. The number of benzene rings is 1. The predicted octanol–water partition coefficient (Wildman–Crippen LogP) is -0.354. The SMILES string of the molecule is CC(C)[C@H](NC[C@@H](N)CS)C(=O)N1Cc2ccccc2C[C@H]1C(=O)N[C@@H](CCC(N)=O)C(=O)O. The lowest BCUT2D eigenvalue weighted by Crippen LogP contribution is -2.60. The number of carbonyl (C=O) groups excluding carboxylic acids is 3. The van der Waals surface area contributed by atoms with Crippen molar-refractivity contribution in [3.8, 4) is 0 Å². The highest BCUT2D eigenvalue weighted by Crippen LogP contribution is 2.25. The monoisotopic (exact) mass is 493 g/mol. The first-order valence-electron chi connectivity index (χ1n) is 11.3. The van der Waals surface area contributed by atoms with Gasteiger partial charge < -0.3 is 32.1 Å². The number of amides is 3. The molecule has 0 aromatic heterocycles. The summed E-state index contributed by atoms with van der Waals surface area (Å²) in [4.78, 5) is 51.1. The number of thiol groups is 1. The highest BCUT2D eigenvalue weighted by Gasteiger charge is 2.39. The topological polar surface area (TPSA) is 168 Å². The van der Waals surface area contributed by atoms with Gasteiger partial charge in [0.2, 0.25) is 17.7 Å². The van der Waals surface area contributed by atoms with Crippen molar-refractivity contribution in [3.63, 3.8) is 0 Å². The molecule has 0 radical (unpaired) electrons. The van der Waals surface area contributed by atoms with E-state index < -0.39 is 35.9 Å². The Hall–Kier alpha value is -2.63. The van der Waals surface area contributed by atoms with E-state index in [0.717, 1.165) is 11.1 Å². The highest BCUT2D eigenvalue weighted by atomic mass is 32.1. The van der Waals surface area contributed by atoms with Gasteiger partial charge in [-0.2, -0.15) is 12.6 Å². The third-order valence-corrected chi connectivity index (χ3v) is 6.36. The number of nitrogens with one attached hydrogen (secondary N) is 2. The number of nitrogens with two attached hydrogens (primary N) is 2. The number of hydrogen-bond acceptors (Lipinski definition) is 7. The predicted molar refractivity (Wildman–Crippen MR) is 131 cm³/mol. The molecule has 34 heavy (non-hydrogen) atoms. The van der Waals surface area contributed by atoms with Gasteiger partial charge in [0.05, 0.1) is 6.04 Å². The molecule has 11 heteroatoms. The molecule has 0 spiro atoms. The zero-order valence-corrected chi connectivity index (χ0v) is 20.5. The maximum absolute atomic E-state index is 13.6. The summed E-state index contributed by atoms with van der Waals surface area (Å²) < 4.78 is 0. The molecule has 0 aliphatic carbocycles. The molecule has 188 valence electrons. The van der Waals surface area contributed by atoms with E-state index in [0.29, 0.717) is 12.3 Å². The molecule has 0 bridgehead atoms. The molecule has 7 N–H and O–H groups in total. The Bertz CT molecular complexity index is 896. The van der Waals surface area contributed by atoms with E-state index >= 15 is 0 Å². The number of rotatable bonds is 12. The number of carboxylic acid groups (broad SMARTS) is 1. The van der Waals surface area contributed by atoms with Gasteiger partial charge in [-0.05, 0) is 23.5 Å². The number of aliphatic carboxylic acids is 1. The molecule has 3 amide bonds. The van der Waals surface area contributed by atoms with Crippen molar-refractivity contribution in [3.05, 3.63) is 35.4 Å². The second kappa shape index (κ2) is 12.7. The lowest BCUT2D eigenvalue weighted by Gasteiger charge is -2.39. The molecule has 10 nitrogen and oxygen atoms in total. The fraction of sp³-hybridized carbons (Fsp3) is 0.565. The Balaban J connectivity index is 2.30. The van der Waals surface area contributed by atoms with Crippen molar-refractivity contribution in [2.45, 2.75) is 63.8 Å². The van der Waals surface area contributed by atoms with Gasteiger partial charge in [0, 0.05) is 37.7 Å². The first-order chi connectivity index (χ1) is 16.0. The summed E-state index contributed by atoms with van der Waals surface area (Å²) in [6, 6.07) is 4.51. The molecule has 1 aliphatic rings. The first kappa shape index (κ1) is 27.6. The van der Waals surface area contributed by atoms with Gasteiger partial charge in [0.15, 0.2) is 0 Å². The van der Waals surface area contributed by atoms with Crippen LogP contribution < -0.4 is 22.1 Å². The molecule has 0 saturated heterocycles. The van der Waals surface area contributed by atoms with Crippen LogP contribution in [0.1, 0.15) is 37.8 Å². The van der Waals surface area contributed by atoms with Crippen LogP contribution in [0.4, 0.5) is 0 Å². The Morgan fingerprint density at radius 3 is 2.41 bits per heavy atom. The molecular weight excluding hydrogens is 458 g/mol. The van der Waals surface area contributed by atoms with E-state index in [1.165, 1.54) is 4.90 Å². The van der Waals surface area contributed by atoms with Crippen LogP contribution in [0.3, 0.4) is 0 Å². The minimum absolute atomic E-state index is 0.0807. The van der Waals surface area contributed by atoms with Crippen LogP contribution in [-0.2, 0) is 32.1 Å². The standard InChI is InChI=1S/C23H35N5O5S/c1-13(2)20(26-10-16(24)12-34)22(31)28-11-15-6-4-3-5-14(15)9-18(28)21(30)27-17(23(32)33)7-8-19(25)29/h3-6,13,16-18,20,26,34H,7-12,24H2,1-2H3,(H2,25,29)(H,27,30)(H,32,33)/t16-,17+,18+,20+/m1/s1. The molecule has 1 aromatic rings. The number of primary amides is 1. The minimum Gasteiger partial charge on any atom is -0.480 e. The van der Waals surface area contributed by atoms with Gasteiger partial charge >= 0.3 is 5.97 Å². The Kier molecular flexibility index (Phi) is 10.3. The number of carbonyl (C=O) groups is 4. The van der Waals surface area contributed by atoms with Gasteiger partial charge in [0.25, 0.3) is 0 Å². The summed E-state index contributed by atoms with van der Waals surface area (Å²) in [5.41, 5.74) is 12.9. The smallest absolute Gasteiger partial charge is 0.326 e. The van der Waals surface area contributed by atoms with Crippen LogP contribution in [0.2, 0.25) is 0 Å². The molecular formula is C23H35N5O5S. The molecule has 0 unspecified atom stereocenters. The third-order valence-electron chi connectivity index (χ3n) is 5.90. The summed E-state index contributed by atoms with van der Waals surface area (Å²) in [6.45, 7) is 4.40. The summed E-state index contributed by atoms with van der Waals surface area (Å²) in [5.74, 6) is -2.41.